The van der Waals surface area contributed by atoms with Gasteiger partial charge in [0.2, 0.25) is 11.8 Å². The maximum atomic E-state index is 12.8. The summed E-state index contributed by atoms with van der Waals surface area (Å²) in [4.78, 5) is 40.7. The van der Waals surface area contributed by atoms with E-state index in [4.69, 9.17) is 4.74 Å². The summed E-state index contributed by atoms with van der Waals surface area (Å²) in [6.07, 6.45) is 2.73. The second-order valence-electron chi connectivity index (χ2n) is 8.81. The van der Waals surface area contributed by atoms with Gasteiger partial charge in [-0.15, -0.1) is 11.3 Å². The molecule has 2 amide bonds. The molecule has 2 aromatic rings. The number of esters is 1. The molecule has 0 aliphatic heterocycles. The van der Waals surface area contributed by atoms with Crippen LogP contribution in [0.5, 0.6) is 0 Å². The fourth-order valence-corrected chi connectivity index (χ4v) is 5.58. The average molecular weight is 472 g/mol. The van der Waals surface area contributed by atoms with E-state index in [1.807, 2.05) is 32.0 Å². The van der Waals surface area contributed by atoms with Gasteiger partial charge in [0.05, 0.1) is 25.3 Å². The van der Waals surface area contributed by atoms with E-state index in [1.54, 1.807) is 18.9 Å². The maximum absolute atomic E-state index is 12.8. The number of para-hydroxylation sites is 1. The zero-order chi connectivity index (χ0) is 24.1. The molecule has 1 aromatic carbocycles. The molecule has 8 heteroatoms. The Bertz CT molecular complexity index is 1030. The predicted octanol–water partition coefficient (Wildman–Crippen LogP) is 4.18. The van der Waals surface area contributed by atoms with Gasteiger partial charge in [0.25, 0.3) is 0 Å². The Morgan fingerprint density at radius 2 is 1.76 bits per heavy atom. The first-order valence-electron chi connectivity index (χ1n) is 11.4. The number of ether oxygens (including phenoxy) is 1. The van der Waals surface area contributed by atoms with E-state index in [1.165, 1.54) is 11.3 Å². The molecule has 3 rings (SSSR count). The van der Waals surface area contributed by atoms with Crippen LogP contribution in [0.4, 0.5) is 10.7 Å². The number of carbonyl (C=O) groups is 3. The van der Waals surface area contributed by atoms with Crippen molar-refractivity contribution >= 4 is 39.8 Å². The molecule has 0 fully saturated rings. The molecule has 1 unspecified atom stereocenters. The molecule has 1 atom stereocenters. The third-order valence-electron chi connectivity index (χ3n) is 5.82. The number of amides is 2. The van der Waals surface area contributed by atoms with Crippen molar-refractivity contribution in [3.05, 3.63) is 45.3 Å². The Kier molecular flexibility index (Phi) is 8.26. The van der Waals surface area contributed by atoms with Crippen LogP contribution in [-0.4, -0.2) is 49.4 Å². The van der Waals surface area contributed by atoms with Crippen LogP contribution in [0.3, 0.4) is 0 Å². The van der Waals surface area contributed by atoms with Crippen molar-refractivity contribution in [1.82, 2.24) is 4.90 Å². The number of nitrogens with one attached hydrogen (secondary N) is 2. The quantitative estimate of drug-likeness (QED) is 0.564. The number of likely N-dealkylation sites (N-methyl/N-ethyl adjacent to an activating group) is 1. The summed E-state index contributed by atoms with van der Waals surface area (Å²) >= 11 is 1.46. The Hall–Kier alpha value is -2.71. The number of rotatable bonds is 8. The van der Waals surface area contributed by atoms with Gasteiger partial charge >= 0.3 is 5.97 Å². The van der Waals surface area contributed by atoms with Crippen molar-refractivity contribution < 1.29 is 19.1 Å². The van der Waals surface area contributed by atoms with Crippen molar-refractivity contribution in [2.45, 2.75) is 47.0 Å². The lowest BCUT2D eigenvalue weighted by atomic mass is 9.88. The third-order valence-corrected chi connectivity index (χ3v) is 6.99. The van der Waals surface area contributed by atoms with Crippen molar-refractivity contribution in [3.63, 3.8) is 0 Å². The molecule has 1 aliphatic carbocycles. The normalized spacial score (nSPS) is 15.2. The van der Waals surface area contributed by atoms with Gasteiger partial charge in [-0.1, -0.05) is 25.1 Å². The first-order valence-corrected chi connectivity index (χ1v) is 12.2. The van der Waals surface area contributed by atoms with Crippen LogP contribution in [0, 0.1) is 19.8 Å². The SMILES string of the molecule is CCOC(=O)c1c(NC(=O)CN(C)CC(=O)Nc2c(C)cccc2C)sc2c1CCC(C)C2. The zero-order valence-electron chi connectivity index (χ0n) is 20.0. The highest BCUT2D eigenvalue weighted by Gasteiger charge is 2.29. The number of hydrogen-bond donors (Lipinski definition) is 2. The second kappa shape index (κ2) is 10.9. The minimum atomic E-state index is -0.388. The van der Waals surface area contributed by atoms with Crippen LogP contribution in [0.1, 0.15) is 52.2 Å². The van der Waals surface area contributed by atoms with Gasteiger partial charge in [0.15, 0.2) is 0 Å². The van der Waals surface area contributed by atoms with Crippen LogP contribution in [0.2, 0.25) is 0 Å². The number of benzene rings is 1. The summed E-state index contributed by atoms with van der Waals surface area (Å²) in [7, 11) is 1.72. The minimum absolute atomic E-state index is 0.0292. The molecule has 0 spiro atoms. The number of carbonyl (C=O) groups excluding carboxylic acids is 3. The van der Waals surface area contributed by atoms with Crippen LogP contribution in [0.25, 0.3) is 0 Å². The van der Waals surface area contributed by atoms with Crippen LogP contribution < -0.4 is 10.6 Å². The van der Waals surface area contributed by atoms with Crippen LogP contribution >= 0.6 is 11.3 Å². The summed E-state index contributed by atoms with van der Waals surface area (Å²) in [6.45, 7) is 8.25. The molecule has 7 nitrogen and oxygen atoms in total. The summed E-state index contributed by atoms with van der Waals surface area (Å²) in [5.74, 6) is -0.289. The third kappa shape index (κ3) is 6.21. The Labute approximate surface area is 199 Å². The predicted molar refractivity (Wildman–Crippen MR) is 132 cm³/mol. The Morgan fingerprint density at radius 3 is 2.39 bits per heavy atom. The fourth-order valence-electron chi connectivity index (χ4n) is 4.16. The largest absolute Gasteiger partial charge is 0.462 e. The van der Waals surface area contributed by atoms with Gasteiger partial charge in [-0.25, -0.2) is 4.79 Å². The average Bonchev–Trinajstić information content (AvgIpc) is 3.07. The number of hydrogen-bond acceptors (Lipinski definition) is 6. The number of fused-ring (bicyclic) bond motifs is 1. The highest BCUT2D eigenvalue weighted by atomic mass is 32.1. The molecule has 0 bridgehead atoms. The lowest BCUT2D eigenvalue weighted by molar-refractivity contribution is -0.119. The minimum Gasteiger partial charge on any atom is -0.462 e. The van der Waals surface area contributed by atoms with Gasteiger partial charge in [0.1, 0.15) is 5.00 Å². The molecule has 0 saturated carbocycles. The van der Waals surface area contributed by atoms with Crippen molar-refractivity contribution in [1.29, 1.82) is 0 Å². The summed E-state index contributed by atoms with van der Waals surface area (Å²) in [5, 5.41) is 6.38. The lowest BCUT2D eigenvalue weighted by Crippen LogP contribution is -2.36. The van der Waals surface area contributed by atoms with Crippen molar-refractivity contribution in [2.24, 2.45) is 5.92 Å². The van der Waals surface area contributed by atoms with E-state index in [2.05, 4.69) is 17.6 Å². The maximum Gasteiger partial charge on any atom is 0.341 e. The molecular weight excluding hydrogens is 438 g/mol. The first kappa shape index (κ1) is 24.9. The monoisotopic (exact) mass is 471 g/mol. The molecule has 1 aromatic heterocycles. The fraction of sp³-hybridized carbons (Fsp3) is 0.480. The van der Waals surface area contributed by atoms with E-state index in [0.29, 0.717) is 16.5 Å². The topological polar surface area (TPSA) is 87.7 Å². The van der Waals surface area contributed by atoms with E-state index >= 15 is 0 Å². The smallest absolute Gasteiger partial charge is 0.341 e. The molecule has 0 radical (unpaired) electrons. The molecule has 178 valence electrons. The molecule has 1 aliphatic rings. The highest BCUT2D eigenvalue weighted by molar-refractivity contribution is 7.17. The molecular formula is C25H33N3O4S. The van der Waals surface area contributed by atoms with E-state index in [0.717, 1.165) is 46.5 Å². The van der Waals surface area contributed by atoms with Crippen molar-refractivity contribution in [3.8, 4) is 0 Å². The molecule has 1 heterocycles. The number of anilines is 2. The van der Waals surface area contributed by atoms with Crippen LogP contribution in [0.15, 0.2) is 18.2 Å². The number of aryl methyl sites for hydroxylation is 2. The van der Waals surface area contributed by atoms with Crippen LogP contribution in [-0.2, 0) is 27.2 Å². The highest BCUT2D eigenvalue weighted by Crippen LogP contribution is 2.40. The summed E-state index contributed by atoms with van der Waals surface area (Å²) < 4.78 is 5.26. The number of thiophene rings is 1. The van der Waals surface area contributed by atoms with E-state index in [9.17, 15) is 14.4 Å². The molecule has 0 saturated heterocycles. The van der Waals surface area contributed by atoms with Crippen molar-refractivity contribution in [2.75, 3.05) is 37.4 Å². The molecule has 2 N–H and O–H groups in total. The van der Waals surface area contributed by atoms with E-state index < -0.39 is 0 Å². The first-order chi connectivity index (χ1) is 15.7. The van der Waals surface area contributed by atoms with Gasteiger partial charge < -0.3 is 15.4 Å². The van der Waals surface area contributed by atoms with E-state index in [-0.39, 0.29) is 37.5 Å². The van der Waals surface area contributed by atoms with Gasteiger partial charge in [-0.3, -0.25) is 14.5 Å². The summed E-state index contributed by atoms with van der Waals surface area (Å²) in [6, 6.07) is 5.84. The second-order valence-corrected chi connectivity index (χ2v) is 9.92. The lowest BCUT2D eigenvalue weighted by Gasteiger charge is -2.18. The zero-order valence-corrected chi connectivity index (χ0v) is 20.9. The van der Waals surface area contributed by atoms with Gasteiger partial charge in [-0.05, 0) is 69.7 Å². The standard InChI is InChI=1S/C25H33N3O4S/c1-6-32-25(31)22-18-11-10-15(2)12-19(18)33-24(22)27-21(30)14-28(5)13-20(29)26-23-16(3)8-7-9-17(23)4/h7-9,15H,6,10-14H2,1-5H3,(H,26,29)(H,27,30). The van der Waals surface area contributed by atoms with Gasteiger partial charge in [-0.2, -0.15) is 0 Å². The van der Waals surface area contributed by atoms with Gasteiger partial charge in [0, 0.05) is 10.6 Å². The summed E-state index contributed by atoms with van der Waals surface area (Å²) in [5.41, 5.74) is 4.29. The molecule has 33 heavy (non-hydrogen) atoms. The Morgan fingerprint density at radius 1 is 1.12 bits per heavy atom. The Balaban J connectivity index is 1.64. The number of nitrogens with zero attached hydrogens (tertiary/aromatic N) is 1.